The van der Waals surface area contributed by atoms with Gasteiger partial charge < -0.3 is 10.6 Å². The highest BCUT2D eigenvalue weighted by molar-refractivity contribution is 7.88. The molecule has 1 aromatic heterocycles. The highest BCUT2D eigenvalue weighted by Gasteiger charge is 2.31. The Morgan fingerprint density at radius 2 is 1.68 bits per heavy atom. The number of aromatic nitrogens is 2. The summed E-state index contributed by atoms with van der Waals surface area (Å²) >= 11 is 0. The van der Waals surface area contributed by atoms with E-state index >= 15 is 0 Å². The fourth-order valence-corrected chi connectivity index (χ4v) is 5.47. The van der Waals surface area contributed by atoms with Crippen LogP contribution in [0.4, 0.5) is 5.69 Å². The van der Waals surface area contributed by atoms with Crippen molar-refractivity contribution in [2.75, 3.05) is 25.0 Å². The third-order valence-corrected chi connectivity index (χ3v) is 7.60. The molecule has 9 nitrogen and oxygen atoms in total. The molecular formula is C24H27N5O4S. The number of carbonyl (C=O) groups excluding carboxylic acids is 2. The number of benzene rings is 2. The number of hydrogen-bond donors (Lipinski definition) is 2. The molecule has 34 heavy (non-hydrogen) atoms. The second-order valence-corrected chi connectivity index (χ2v) is 10.1. The van der Waals surface area contributed by atoms with Crippen molar-refractivity contribution < 1.29 is 18.0 Å². The lowest BCUT2D eigenvalue weighted by atomic mass is 9.97. The van der Waals surface area contributed by atoms with E-state index in [1.165, 1.54) is 4.31 Å². The van der Waals surface area contributed by atoms with E-state index in [-0.39, 0.29) is 30.0 Å². The number of carbonyl (C=O) groups is 2. The van der Waals surface area contributed by atoms with Gasteiger partial charge in [-0.05, 0) is 48.7 Å². The van der Waals surface area contributed by atoms with Crippen molar-refractivity contribution in [2.24, 2.45) is 5.92 Å². The first-order chi connectivity index (χ1) is 16.4. The van der Waals surface area contributed by atoms with E-state index in [9.17, 15) is 18.0 Å². The van der Waals surface area contributed by atoms with Crippen molar-refractivity contribution in [1.29, 1.82) is 0 Å². The van der Waals surface area contributed by atoms with E-state index in [1.54, 1.807) is 35.1 Å². The van der Waals surface area contributed by atoms with Crippen LogP contribution < -0.4 is 10.6 Å². The maximum atomic E-state index is 12.7. The molecule has 0 bridgehead atoms. The van der Waals surface area contributed by atoms with Gasteiger partial charge in [0.1, 0.15) is 0 Å². The third-order valence-electron chi connectivity index (χ3n) is 5.75. The molecule has 2 aromatic carbocycles. The van der Waals surface area contributed by atoms with Gasteiger partial charge in [0, 0.05) is 37.1 Å². The van der Waals surface area contributed by atoms with Gasteiger partial charge in [-0.3, -0.25) is 9.59 Å². The Hall–Kier alpha value is -3.50. The second-order valence-electron chi connectivity index (χ2n) is 8.18. The minimum atomic E-state index is -3.43. The lowest BCUT2D eigenvalue weighted by Crippen LogP contribution is -2.44. The molecule has 2 N–H and O–H groups in total. The average molecular weight is 482 g/mol. The molecular weight excluding hydrogens is 454 g/mol. The molecule has 1 aliphatic heterocycles. The zero-order chi connectivity index (χ0) is 24.0. The summed E-state index contributed by atoms with van der Waals surface area (Å²) < 4.78 is 28.5. The molecule has 1 fully saturated rings. The maximum absolute atomic E-state index is 12.7. The number of amides is 2. The summed E-state index contributed by atoms with van der Waals surface area (Å²) in [5, 5.41) is 9.57. The molecule has 2 amide bonds. The van der Waals surface area contributed by atoms with Crippen LogP contribution in [-0.2, 0) is 25.4 Å². The van der Waals surface area contributed by atoms with Gasteiger partial charge in [0.2, 0.25) is 21.8 Å². The van der Waals surface area contributed by atoms with Crippen molar-refractivity contribution in [3.05, 3.63) is 78.6 Å². The summed E-state index contributed by atoms with van der Waals surface area (Å²) in [5.41, 5.74) is 2.23. The van der Waals surface area contributed by atoms with Gasteiger partial charge in [-0.15, -0.1) is 0 Å². The first-order valence-corrected chi connectivity index (χ1v) is 12.7. The average Bonchev–Trinajstić information content (AvgIpc) is 3.38. The van der Waals surface area contributed by atoms with E-state index in [4.69, 9.17) is 0 Å². The van der Waals surface area contributed by atoms with E-state index in [0.29, 0.717) is 31.6 Å². The minimum absolute atomic E-state index is 0.0478. The van der Waals surface area contributed by atoms with Crippen molar-refractivity contribution in [1.82, 2.24) is 19.4 Å². The number of sulfonamides is 1. The van der Waals surface area contributed by atoms with Gasteiger partial charge in [0.25, 0.3) is 0 Å². The molecule has 3 aromatic rings. The molecule has 4 rings (SSSR count). The number of piperidine rings is 1. The number of anilines is 1. The summed E-state index contributed by atoms with van der Waals surface area (Å²) in [6.07, 6.45) is 4.37. The standard InChI is InChI=1S/C24H27N5O4S/c30-23(27-21-7-9-22(10-8-21)29-14-4-13-26-29)17-25-24(31)20-11-15-28(16-12-20)34(32,33)18-19-5-2-1-3-6-19/h1-10,13-14,20H,11-12,15-18H2,(H,25,31)(H,27,30). The van der Waals surface area contributed by atoms with Crippen LogP contribution in [0.25, 0.3) is 5.69 Å². The number of hydrogen-bond acceptors (Lipinski definition) is 5. The molecule has 2 heterocycles. The molecule has 1 saturated heterocycles. The van der Waals surface area contributed by atoms with Crippen LogP contribution in [0, 0.1) is 5.92 Å². The minimum Gasteiger partial charge on any atom is -0.347 e. The lowest BCUT2D eigenvalue weighted by molar-refractivity contribution is -0.128. The van der Waals surface area contributed by atoms with Gasteiger partial charge in [-0.1, -0.05) is 30.3 Å². The first-order valence-electron chi connectivity index (χ1n) is 11.1. The molecule has 0 atom stereocenters. The Balaban J connectivity index is 1.21. The van der Waals surface area contributed by atoms with Crippen molar-refractivity contribution in [3.8, 4) is 5.69 Å². The monoisotopic (exact) mass is 481 g/mol. The Bertz CT molecular complexity index is 1200. The molecule has 10 heteroatoms. The van der Waals surface area contributed by atoms with E-state index < -0.39 is 10.0 Å². The van der Waals surface area contributed by atoms with Gasteiger partial charge in [-0.2, -0.15) is 5.10 Å². The molecule has 0 unspecified atom stereocenters. The Morgan fingerprint density at radius 1 is 0.971 bits per heavy atom. The van der Waals surface area contributed by atoms with Gasteiger partial charge in [-0.25, -0.2) is 17.4 Å². The molecule has 1 aliphatic rings. The fraction of sp³-hybridized carbons (Fsp3) is 0.292. The van der Waals surface area contributed by atoms with E-state index in [0.717, 1.165) is 11.3 Å². The highest BCUT2D eigenvalue weighted by atomic mass is 32.2. The summed E-state index contributed by atoms with van der Waals surface area (Å²) in [4.78, 5) is 24.7. The van der Waals surface area contributed by atoms with Gasteiger partial charge in [0.15, 0.2) is 0 Å². The molecule has 0 radical (unpaired) electrons. The normalized spacial score (nSPS) is 15.1. The Morgan fingerprint density at radius 3 is 2.32 bits per heavy atom. The van der Waals surface area contributed by atoms with Crippen molar-refractivity contribution in [3.63, 3.8) is 0 Å². The van der Waals surface area contributed by atoms with Crippen LogP contribution in [0.2, 0.25) is 0 Å². The SMILES string of the molecule is O=C(CNC(=O)C1CCN(S(=O)(=O)Cc2ccccc2)CC1)Nc1ccc(-n2cccn2)cc1. The summed E-state index contributed by atoms with van der Waals surface area (Å²) in [5.74, 6) is -0.926. The Labute approximate surface area is 198 Å². The van der Waals surface area contributed by atoms with Crippen LogP contribution in [0.3, 0.4) is 0 Å². The first kappa shape index (κ1) is 23.7. The van der Waals surface area contributed by atoms with Crippen LogP contribution in [0.1, 0.15) is 18.4 Å². The third kappa shape index (κ3) is 6.09. The quantitative estimate of drug-likeness (QED) is 0.512. The van der Waals surface area contributed by atoms with Crippen LogP contribution in [-0.4, -0.2) is 54.0 Å². The molecule has 0 saturated carbocycles. The Kier molecular flexibility index (Phi) is 7.39. The molecule has 178 valence electrons. The van der Waals surface area contributed by atoms with Gasteiger partial charge >= 0.3 is 0 Å². The smallest absolute Gasteiger partial charge is 0.243 e. The lowest BCUT2D eigenvalue weighted by Gasteiger charge is -2.30. The fourth-order valence-electron chi connectivity index (χ4n) is 3.91. The largest absolute Gasteiger partial charge is 0.347 e. The van der Waals surface area contributed by atoms with Crippen molar-refractivity contribution in [2.45, 2.75) is 18.6 Å². The van der Waals surface area contributed by atoms with E-state index in [2.05, 4.69) is 15.7 Å². The molecule has 0 aliphatic carbocycles. The van der Waals surface area contributed by atoms with Gasteiger partial charge in [0.05, 0.1) is 18.0 Å². The topological polar surface area (TPSA) is 113 Å². The summed E-state index contributed by atoms with van der Waals surface area (Å²) in [6.45, 7) is 0.441. The van der Waals surface area contributed by atoms with Crippen molar-refractivity contribution >= 4 is 27.5 Å². The van der Waals surface area contributed by atoms with Crippen LogP contribution in [0.5, 0.6) is 0 Å². The maximum Gasteiger partial charge on any atom is 0.243 e. The number of nitrogens with zero attached hydrogens (tertiary/aromatic N) is 3. The number of rotatable bonds is 8. The van der Waals surface area contributed by atoms with E-state index in [1.807, 2.05) is 42.6 Å². The second kappa shape index (κ2) is 10.6. The molecule has 0 spiro atoms. The summed E-state index contributed by atoms with van der Waals surface area (Å²) in [6, 6.07) is 18.1. The van der Waals surface area contributed by atoms with Crippen LogP contribution in [0.15, 0.2) is 73.1 Å². The predicted molar refractivity (Wildman–Crippen MR) is 129 cm³/mol. The summed E-state index contributed by atoms with van der Waals surface area (Å²) in [7, 11) is -3.43. The van der Waals surface area contributed by atoms with Crippen LogP contribution >= 0.6 is 0 Å². The predicted octanol–water partition coefficient (Wildman–Crippen LogP) is 2.17. The highest BCUT2D eigenvalue weighted by Crippen LogP contribution is 2.22. The number of nitrogens with one attached hydrogen (secondary N) is 2. The zero-order valence-electron chi connectivity index (χ0n) is 18.6. The zero-order valence-corrected chi connectivity index (χ0v) is 19.4.